The third kappa shape index (κ3) is 9.06. The maximum atomic E-state index is 13.1. The molecule has 0 spiro atoms. The van der Waals surface area contributed by atoms with Gasteiger partial charge in [-0.2, -0.15) is 0 Å². The van der Waals surface area contributed by atoms with Crippen molar-refractivity contribution in [2.45, 2.75) is 39.2 Å². The van der Waals surface area contributed by atoms with Gasteiger partial charge in [-0.15, -0.1) is 0 Å². The number of nitrogen functional groups attached to an aromatic ring is 1. The van der Waals surface area contributed by atoms with E-state index in [1.54, 1.807) is 18.2 Å². The fraction of sp³-hybridized carbons (Fsp3) is 0.548. The number of ether oxygens (including phenoxy) is 3. The minimum atomic E-state index is -0.431. The highest BCUT2D eigenvalue weighted by molar-refractivity contribution is 6.33. The number of nitrogens with two attached hydrogens (primary N) is 1. The van der Waals surface area contributed by atoms with Gasteiger partial charge in [0.25, 0.3) is 5.91 Å². The van der Waals surface area contributed by atoms with Crippen LogP contribution in [0.4, 0.5) is 10.5 Å². The average molecular weight is 622 g/mol. The van der Waals surface area contributed by atoms with Gasteiger partial charge in [-0.1, -0.05) is 37.0 Å². The summed E-state index contributed by atoms with van der Waals surface area (Å²) in [4.78, 5) is 30.1. The van der Waals surface area contributed by atoms with Crippen LogP contribution in [0.2, 0.25) is 10.0 Å². The zero-order chi connectivity index (χ0) is 30.2. The molecule has 3 atom stereocenters. The molecule has 0 saturated carbocycles. The third-order valence-electron chi connectivity index (χ3n) is 7.93. The standard InChI is InChI=1S/C31H42Cl2N4O5/c1-20-12-21(2)17-37(16-20)31(39)42-25(19-41-24-6-4-23(32)5-7-24)18-36-10-8-22(9-11-36)15-35-30(38)26-13-27(33)28(34)14-29(26)40-3/h4-7,13-14,20-22,25H,8-12,15-19,34H2,1-3H3,(H,35,38). The molecular formula is C31H42Cl2N4O5. The Labute approximate surface area is 258 Å². The van der Waals surface area contributed by atoms with Crippen LogP contribution >= 0.6 is 23.2 Å². The molecule has 0 bridgehead atoms. The van der Waals surface area contributed by atoms with E-state index < -0.39 is 6.10 Å². The Hall–Kier alpha value is -2.88. The van der Waals surface area contributed by atoms with Crippen LogP contribution in [-0.2, 0) is 4.74 Å². The number of nitrogens with zero attached hydrogens (tertiary/aromatic N) is 2. The summed E-state index contributed by atoms with van der Waals surface area (Å²) < 4.78 is 17.4. The Morgan fingerprint density at radius 3 is 2.38 bits per heavy atom. The first kappa shape index (κ1) is 32.0. The topological polar surface area (TPSA) is 106 Å². The van der Waals surface area contributed by atoms with Gasteiger partial charge in [0.2, 0.25) is 0 Å². The van der Waals surface area contributed by atoms with Gasteiger partial charge >= 0.3 is 6.09 Å². The summed E-state index contributed by atoms with van der Waals surface area (Å²) in [5.41, 5.74) is 6.56. The number of carbonyl (C=O) groups excluding carboxylic acids is 2. The van der Waals surface area contributed by atoms with Gasteiger partial charge < -0.3 is 30.2 Å². The summed E-state index contributed by atoms with van der Waals surface area (Å²) in [6.45, 7) is 8.76. The highest BCUT2D eigenvalue weighted by Crippen LogP contribution is 2.29. The van der Waals surface area contributed by atoms with Gasteiger partial charge in [-0.05, 0) is 80.4 Å². The zero-order valence-corrected chi connectivity index (χ0v) is 26.1. The predicted octanol–water partition coefficient (Wildman–Crippen LogP) is 5.59. The molecule has 3 N–H and O–H groups in total. The van der Waals surface area contributed by atoms with Crippen LogP contribution in [0.5, 0.6) is 11.5 Å². The molecule has 230 valence electrons. The fourth-order valence-electron chi connectivity index (χ4n) is 5.78. The molecule has 2 heterocycles. The number of hydrogen-bond donors (Lipinski definition) is 2. The van der Waals surface area contributed by atoms with Crippen molar-refractivity contribution in [3.05, 3.63) is 52.0 Å². The predicted molar refractivity (Wildman–Crippen MR) is 166 cm³/mol. The van der Waals surface area contributed by atoms with E-state index in [0.717, 1.165) is 32.4 Å². The molecule has 42 heavy (non-hydrogen) atoms. The van der Waals surface area contributed by atoms with Crippen LogP contribution in [0.1, 0.15) is 43.5 Å². The minimum Gasteiger partial charge on any atom is -0.496 e. The summed E-state index contributed by atoms with van der Waals surface area (Å²) >= 11 is 12.1. The number of rotatable bonds is 10. The molecule has 3 unspecified atom stereocenters. The fourth-order valence-corrected chi connectivity index (χ4v) is 6.07. The van der Waals surface area contributed by atoms with E-state index in [1.807, 2.05) is 17.0 Å². The Bertz CT molecular complexity index is 1200. The lowest BCUT2D eigenvalue weighted by Crippen LogP contribution is -2.48. The first-order valence-electron chi connectivity index (χ1n) is 14.6. The maximum absolute atomic E-state index is 13.1. The summed E-state index contributed by atoms with van der Waals surface area (Å²) in [6, 6.07) is 10.3. The third-order valence-corrected chi connectivity index (χ3v) is 8.51. The molecule has 2 aromatic rings. The van der Waals surface area contributed by atoms with Crippen LogP contribution < -0.4 is 20.5 Å². The highest BCUT2D eigenvalue weighted by atomic mass is 35.5. The monoisotopic (exact) mass is 620 g/mol. The number of hydrogen-bond acceptors (Lipinski definition) is 7. The first-order valence-corrected chi connectivity index (χ1v) is 15.3. The largest absolute Gasteiger partial charge is 0.496 e. The smallest absolute Gasteiger partial charge is 0.410 e. The Morgan fingerprint density at radius 2 is 1.74 bits per heavy atom. The van der Waals surface area contributed by atoms with Crippen molar-refractivity contribution in [3.8, 4) is 11.5 Å². The van der Waals surface area contributed by atoms with Crippen molar-refractivity contribution in [2.75, 3.05) is 58.7 Å². The second kappa shape index (κ2) is 15.0. The van der Waals surface area contributed by atoms with Crippen LogP contribution in [0.25, 0.3) is 0 Å². The lowest BCUT2D eigenvalue weighted by molar-refractivity contribution is 0.00530. The Kier molecular flexibility index (Phi) is 11.5. The molecule has 2 fully saturated rings. The summed E-state index contributed by atoms with van der Waals surface area (Å²) in [5.74, 6) is 2.03. The van der Waals surface area contributed by atoms with Crippen molar-refractivity contribution in [1.29, 1.82) is 0 Å². The Balaban J connectivity index is 1.30. The second-order valence-corrected chi connectivity index (χ2v) is 12.5. The lowest BCUT2D eigenvalue weighted by Gasteiger charge is -2.37. The van der Waals surface area contributed by atoms with E-state index in [1.165, 1.54) is 13.2 Å². The average Bonchev–Trinajstić information content (AvgIpc) is 2.96. The van der Waals surface area contributed by atoms with E-state index in [4.69, 9.17) is 43.1 Å². The van der Waals surface area contributed by atoms with Crippen molar-refractivity contribution < 1.29 is 23.8 Å². The number of halogens is 2. The SMILES string of the molecule is COc1cc(N)c(Cl)cc1C(=O)NCC1CCN(CC(COc2ccc(Cl)cc2)OC(=O)N2CC(C)CC(C)C2)CC1. The molecule has 0 aromatic heterocycles. The molecule has 2 saturated heterocycles. The Morgan fingerprint density at radius 1 is 1.07 bits per heavy atom. The van der Waals surface area contributed by atoms with Gasteiger partial charge in [-0.25, -0.2) is 4.79 Å². The van der Waals surface area contributed by atoms with Gasteiger partial charge in [-0.3, -0.25) is 9.69 Å². The number of piperidine rings is 2. The van der Waals surface area contributed by atoms with Crippen molar-refractivity contribution in [2.24, 2.45) is 17.8 Å². The van der Waals surface area contributed by atoms with E-state index in [0.29, 0.717) is 76.7 Å². The summed E-state index contributed by atoms with van der Waals surface area (Å²) in [7, 11) is 1.49. The normalized spacial score (nSPS) is 20.5. The lowest BCUT2D eigenvalue weighted by atomic mass is 9.92. The van der Waals surface area contributed by atoms with E-state index in [2.05, 4.69) is 24.1 Å². The molecule has 2 amide bonds. The van der Waals surface area contributed by atoms with Crippen LogP contribution in [0.3, 0.4) is 0 Å². The molecular weight excluding hydrogens is 579 g/mol. The molecule has 2 aliphatic heterocycles. The molecule has 11 heteroatoms. The summed E-state index contributed by atoms with van der Waals surface area (Å²) in [6.07, 6.45) is 2.21. The highest BCUT2D eigenvalue weighted by Gasteiger charge is 2.30. The number of carbonyl (C=O) groups is 2. The minimum absolute atomic E-state index is 0.244. The molecule has 4 rings (SSSR count). The number of methoxy groups -OCH3 is 1. The van der Waals surface area contributed by atoms with Crippen molar-refractivity contribution in [1.82, 2.24) is 15.1 Å². The van der Waals surface area contributed by atoms with Crippen molar-refractivity contribution in [3.63, 3.8) is 0 Å². The quantitative estimate of drug-likeness (QED) is 0.334. The van der Waals surface area contributed by atoms with Gasteiger partial charge in [0.05, 0.1) is 23.4 Å². The molecule has 0 aliphatic carbocycles. The molecule has 2 aliphatic rings. The molecule has 0 radical (unpaired) electrons. The number of benzene rings is 2. The molecule has 9 nitrogen and oxygen atoms in total. The van der Waals surface area contributed by atoms with Gasteiger partial charge in [0.15, 0.2) is 6.10 Å². The number of anilines is 1. The van der Waals surface area contributed by atoms with Crippen molar-refractivity contribution >= 4 is 40.9 Å². The van der Waals surface area contributed by atoms with E-state index in [9.17, 15) is 9.59 Å². The number of likely N-dealkylation sites (tertiary alicyclic amines) is 2. The van der Waals surface area contributed by atoms with Crippen LogP contribution in [0, 0.1) is 17.8 Å². The van der Waals surface area contributed by atoms with Gasteiger partial charge in [0, 0.05) is 37.3 Å². The van der Waals surface area contributed by atoms with E-state index >= 15 is 0 Å². The summed E-state index contributed by atoms with van der Waals surface area (Å²) in [5, 5.41) is 3.96. The zero-order valence-electron chi connectivity index (χ0n) is 24.6. The van der Waals surface area contributed by atoms with Crippen LogP contribution in [-0.4, -0.2) is 80.9 Å². The number of nitrogens with one attached hydrogen (secondary N) is 1. The second-order valence-electron chi connectivity index (χ2n) is 11.6. The van der Waals surface area contributed by atoms with E-state index in [-0.39, 0.29) is 18.6 Å². The van der Waals surface area contributed by atoms with Crippen LogP contribution in [0.15, 0.2) is 36.4 Å². The maximum Gasteiger partial charge on any atom is 0.410 e. The first-order chi connectivity index (χ1) is 20.1. The van der Waals surface area contributed by atoms with Gasteiger partial charge in [0.1, 0.15) is 18.1 Å². The number of amides is 2. The molecule has 2 aromatic carbocycles.